The normalized spacial score (nSPS) is 26.2. The Bertz CT molecular complexity index is 485. The van der Waals surface area contributed by atoms with Gasteiger partial charge in [-0.3, -0.25) is 0 Å². The Balaban J connectivity index is 1.85. The maximum Gasteiger partial charge on any atom is 0.231 e. The van der Waals surface area contributed by atoms with Crippen molar-refractivity contribution in [2.45, 2.75) is 33.1 Å². The second kappa shape index (κ2) is 6.03. The van der Waals surface area contributed by atoms with Crippen molar-refractivity contribution in [3.05, 3.63) is 0 Å². The molecule has 2 fully saturated rings. The van der Waals surface area contributed by atoms with E-state index in [-0.39, 0.29) is 0 Å². The van der Waals surface area contributed by atoms with Crippen LogP contribution in [0.25, 0.3) is 0 Å². The van der Waals surface area contributed by atoms with Crippen molar-refractivity contribution in [3.63, 3.8) is 0 Å². The quantitative estimate of drug-likeness (QED) is 0.919. The molecule has 1 aromatic heterocycles. The molecule has 0 radical (unpaired) electrons. The van der Waals surface area contributed by atoms with E-state index in [9.17, 15) is 0 Å². The molecule has 0 bridgehead atoms. The van der Waals surface area contributed by atoms with Gasteiger partial charge in [-0.05, 0) is 31.1 Å². The highest BCUT2D eigenvalue weighted by Gasteiger charge is 2.26. The molecule has 0 aliphatic carbocycles. The summed E-state index contributed by atoms with van der Waals surface area (Å²) in [4.78, 5) is 18.4. The number of aromatic nitrogens is 3. The van der Waals surface area contributed by atoms with E-state index in [1.807, 2.05) is 7.05 Å². The fourth-order valence-corrected chi connectivity index (χ4v) is 3.11. The number of nitrogens with one attached hydrogen (secondary N) is 1. The molecule has 2 atom stereocenters. The van der Waals surface area contributed by atoms with Crippen LogP contribution in [-0.2, 0) is 0 Å². The molecular weight excluding hydrogens is 264 g/mol. The van der Waals surface area contributed by atoms with Crippen molar-refractivity contribution in [2.75, 3.05) is 48.3 Å². The average Bonchev–Trinajstić information content (AvgIpc) is 3.04. The summed E-state index contributed by atoms with van der Waals surface area (Å²) in [5, 5.41) is 3.07. The summed E-state index contributed by atoms with van der Waals surface area (Å²) in [6, 6.07) is 0. The Morgan fingerprint density at radius 3 is 2.19 bits per heavy atom. The topological polar surface area (TPSA) is 57.2 Å². The van der Waals surface area contributed by atoms with Crippen molar-refractivity contribution >= 4 is 17.8 Å². The van der Waals surface area contributed by atoms with E-state index in [0.717, 1.165) is 44.0 Å². The zero-order chi connectivity index (χ0) is 14.8. The number of hydrogen-bond acceptors (Lipinski definition) is 6. The molecule has 6 heteroatoms. The molecule has 1 N–H and O–H groups in total. The van der Waals surface area contributed by atoms with Crippen LogP contribution in [-0.4, -0.2) is 48.2 Å². The van der Waals surface area contributed by atoms with Gasteiger partial charge in [-0.15, -0.1) is 0 Å². The van der Waals surface area contributed by atoms with Crippen LogP contribution < -0.4 is 15.1 Å². The van der Waals surface area contributed by atoms with Gasteiger partial charge in [-0.2, -0.15) is 15.0 Å². The van der Waals surface area contributed by atoms with Gasteiger partial charge < -0.3 is 15.1 Å². The molecule has 116 valence electrons. The van der Waals surface area contributed by atoms with Crippen LogP contribution in [0.2, 0.25) is 0 Å². The molecule has 3 heterocycles. The van der Waals surface area contributed by atoms with Gasteiger partial charge in [0.1, 0.15) is 0 Å². The predicted molar refractivity (Wildman–Crippen MR) is 86.0 cm³/mol. The minimum absolute atomic E-state index is 0.674. The Hall–Kier alpha value is -1.59. The fraction of sp³-hybridized carbons (Fsp3) is 0.800. The van der Waals surface area contributed by atoms with Crippen LogP contribution in [0, 0.1) is 11.8 Å². The molecule has 2 aliphatic heterocycles. The summed E-state index contributed by atoms with van der Waals surface area (Å²) in [6.07, 6.45) is 3.67. The van der Waals surface area contributed by atoms with Crippen LogP contribution in [0.3, 0.4) is 0 Å². The summed E-state index contributed by atoms with van der Waals surface area (Å²) in [5.74, 6) is 3.80. The molecule has 1 aromatic rings. The number of piperidine rings is 1. The number of hydrogen-bond donors (Lipinski definition) is 1. The van der Waals surface area contributed by atoms with Gasteiger partial charge in [0.15, 0.2) is 0 Å². The Morgan fingerprint density at radius 1 is 0.905 bits per heavy atom. The minimum Gasteiger partial charge on any atom is -0.357 e. The maximum atomic E-state index is 4.74. The highest BCUT2D eigenvalue weighted by molar-refractivity contribution is 5.45. The van der Waals surface area contributed by atoms with Crippen molar-refractivity contribution in [2.24, 2.45) is 11.8 Å². The van der Waals surface area contributed by atoms with Gasteiger partial charge in [0.25, 0.3) is 0 Å². The van der Waals surface area contributed by atoms with Gasteiger partial charge in [0.2, 0.25) is 17.8 Å². The second-order valence-electron chi connectivity index (χ2n) is 6.39. The first-order chi connectivity index (χ1) is 10.2. The highest BCUT2D eigenvalue weighted by Crippen LogP contribution is 2.27. The van der Waals surface area contributed by atoms with Gasteiger partial charge >= 0.3 is 0 Å². The molecule has 2 saturated heterocycles. The smallest absolute Gasteiger partial charge is 0.231 e. The highest BCUT2D eigenvalue weighted by atomic mass is 15.4. The lowest BCUT2D eigenvalue weighted by molar-refractivity contribution is 0.321. The van der Waals surface area contributed by atoms with Crippen LogP contribution in [0.1, 0.15) is 33.1 Å². The SMILES string of the molecule is CNc1nc(N2CCCC2)nc(N2CCC(C)C(C)C2)n1. The van der Waals surface area contributed by atoms with E-state index in [0.29, 0.717) is 11.9 Å². The van der Waals surface area contributed by atoms with Gasteiger partial charge in [0, 0.05) is 33.2 Å². The monoisotopic (exact) mass is 290 g/mol. The third kappa shape index (κ3) is 3.04. The van der Waals surface area contributed by atoms with E-state index in [2.05, 4.69) is 38.9 Å². The third-order valence-electron chi connectivity index (χ3n) is 4.84. The molecule has 0 amide bonds. The molecule has 2 unspecified atom stereocenters. The van der Waals surface area contributed by atoms with Crippen LogP contribution >= 0.6 is 0 Å². The molecule has 21 heavy (non-hydrogen) atoms. The number of anilines is 3. The number of rotatable bonds is 3. The van der Waals surface area contributed by atoms with Crippen molar-refractivity contribution in [1.29, 1.82) is 0 Å². The van der Waals surface area contributed by atoms with Gasteiger partial charge in [-0.25, -0.2) is 0 Å². The first-order valence-corrected chi connectivity index (χ1v) is 8.11. The summed E-state index contributed by atoms with van der Waals surface area (Å²) >= 11 is 0. The van der Waals surface area contributed by atoms with Crippen molar-refractivity contribution < 1.29 is 0 Å². The Morgan fingerprint density at radius 2 is 1.57 bits per heavy atom. The molecule has 2 aliphatic rings. The summed E-state index contributed by atoms with van der Waals surface area (Å²) in [5.41, 5.74) is 0. The molecule has 3 rings (SSSR count). The lowest BCUT2D eigenvalue weighted by atomic mass is 9.89. The van der Waals surface area contributed by atoms with E-state index in [1.54, 1.807) is 0 Å². The summed E-state index contributed by atoms with van der Waals surface area (Å²) in [6.45, 7) is 8.84. The first kappa shape index (κ1) is 14.4. The predicted octanol–water partition coefficient (Wildman–Crippen LogP) is 2.00. The molecular formula is C15H26N6. The lowest BCUT2D eigenvalue weighted by Crippen LogP contribution is -2.39. The summed E-state index contributed by atoms with van der Waals surface area (Å²) in [7, 11) is 1.87. The van der Waals surface area contributed by atoms with E-state index in [1.165, 1.54) is 19.3 Å². The van der Waals surface area contributed by atoms with E-state index in [4.69, 9.17) is 4.98 Å². The Labute approximate surface area is 127 Å². The lowest BCUT2D eigenvalue weighted by Gasteiger charge is -2.35. The van der Waals surface area contributed by atoms with Gasteiger partial charge in [0.05, 0.1) is 0 Å². The third-order valence-corrected chi connectivity index (χ3v) is 4.84. The van der Waals surface area contributed by atoms with E-state index < -0.39 is 0 Å². The summed E-state index contributed by atoms with van der Waals surface area (Å²) < 4.78 is 0. The second-order valence-corrected chi connectivity index (χ2v) is 6.39. The number of nitrogens with zero attached hydrogens (tertiary/aromatic N) is 5. The molecule has 0 aromatic carbocycles. The Kier molecular flexibility index (Phi) is 4.12. The standard InChI is InChI=1S/C15H26N6/c1-11-6-9-21(10-12(11)2)15-18-13(16-3)17-14(19-15)20-7-4-5-8-20/h11-12H,4-10H2,1-3H3,(H,16,17,18,19). The zero-order valence-electron chi connectivity index (χ0n) is 13.3. The molecule has 0 saturated carbocycles. The maximum absolute atomic E-state index is 4.74. The zero-order valence-corrected chi connectivity index (χ0v) is 13.3. The van der Waals surface area contributed by atoms with Gasteiger partial charge in [-0.1, -0.05) is 13.8 Å². The van der Waals surface area contributed by atoms with Crippen LogP contribution in [0.15, 0.2) is 0 Å². The molecule has 0 spiro atoms. The molecule has 6 nitrogen and oxygen atoms in total. The van der Waals surface area contributed by atoms with Crippen molar-refractivity contribution in [3.8, 4) is 0 Å². The van der Waals surface area contributed by atoms with Crippen LogP contribution in [0.5, 0.6) is 0 Å². The van der Waals surface area contributed by atoms with Crippen molar-refractivity contribution in [1.82, 2.24) is 15.0 Å². The largest absolute Gasteiger partial charge is 0.357 e. The first-order valence-electron chi connectivity index (χ1n) is 8.11. The average molecular weight is 290 g/mol. The van der Waals surface area contributed by atoms with Crippen LogP contribution in [0.4, 0.5) is 17.8 Å². The minimum atomic E-state index is 0.674. The fourth-order valence-electron chi connectivity index (χ4n) is 3.11. The van der Waals surface area contributed by atoms with E-state index >= 15 is 0 Å².